The van der Waals surface area contributed by atoms with Gasteiger partial charge < -0.3 is 19.9 Å². The maximum Gasteiger partial charge on any atom is 0.311 e. The Morgan fingerprint density at radius 1 is 1.20 bits per heavy atom. The molecule has 4 rings (SSSR count). The fourth-order valence-corrected chi connectivity index (χ4v) is 4.11. The fourth-order valence-electron chi connectivity index (χ4n) is 3.98. The van der Waals surface area contributed by atoms with Crippen LogP contribution in [0.15, 0.2) is 60.7 Å². The molecule has 1 aliphatic rings. The molecule has 0 spiro atoms. The minimum Gasteiger partial charge on any atom is -0.493 e. The van der Waals surface area contributed by atoms with Crippen molar-refractivity contribution in [1.82, 2.24) is 5.32 Å². The zero-order valence-electron chi connectivity index (χ0n) is 19.0. The summed E-state index contributed by atoms with van der Waals surface area (Å²) >= 11 is 5.92. The minimum atomic E-state index is -0.955. The molecule has 1 heterocycles. The van der Waals surface area contributed by atoms with Crippen molar-refractivity contribution in [2.75, 3.05) is 6.61 Å². The second-order valence-electron chi connectivity index (χ2n) is 8.36. The number of fused-ring (bicyclic) bond motifs is 1. The van der Waals surface area contributed by atoms with Crippen molar-refractivity contribution in [2.45, 2.75) is 31.7 Å². The standard InChI is InChI=1S/C27H23ClN2O5/c1-16(12-17-2-6-20(28)7-3-17)30-26(31)18-4-8-21(9-5-18)35-24-14-25-23(13-19(24)15-29)22(27(32)33)10-11-34-25/h2-9,13-14,16,22H,10-12H2,1H3,(H,30,31)(H,32,33). The average Bonchev–Trinajstić information content (AvgIpc) is 2.84. The van der Waals surface area contributed by atoms with Gasteiger partial charge >= 0.3 is 5.97 Å². The van der Waals surface area contributed by atoms with Gasteiger partial charge in [-0.15, -0.1) is 0 Å². The zero-order valence-corrected chi connectivity index (χ0v) is 19.7. The number of hydrogen-bond donors (Lipinski definition) is 2. The van der Waals surface area contributed by atoms with Crippen LogP contribution < -0.4 is 14.8 Å². The molecule has 1 amide bonds. The first-order valence-electron chi connectivity index (χ1n) is 11.1. The Labute approximate surface area is 207 Å². The number of carboxylic acids is 1. The Morgan fingerprint density at radius 3 is 2.57 bits per heavy atom. The van der Waals surface area contributed by atoms with Crippen LogP contribution in [0.2, 0.25) is 5.02 Å². The molecule has 8 heteroatoms. The van der Waals surface area contributed by atoms with Crippen molar-refractivity contribution >= 4 is 23.5 Å². The molecule has 1 aliphatic heterocycles. The minimum absolute atomic E-state index is 0.0806. The third-order valence-electron chi connectivity index (χ3n) is 5.75. The van der Waals surface area contributed by atoms with Crippen molar-refractivity contribution in [3.05, 3.63) is 87.9 Å². The van der Waals surface area contributed by atoms with Gasteiger partial charge in [0.05, 0.1) is 18.1 Å². The molecule has 2 atom stereocenters. The first-order chi connectivity index (χ1) is 16.8. The highest BCUT2D eigenvalue weighted by molar-refractivity contribution is 6.30. The summed E-state index contributed by atoms with van der Waals surface area (Å²) in [4.78, 5) is 24.2. The molecule has 0 saturated heterocycles. The molecule has 0 saturated carbocycles. The van der Waals surface area contributed by atoms with Crippen LogP contribution in [0.4, 0.5) is 0 Å². The number of hydrogen-bond acceptors (Lipinski definition) is 5. The van der Waals surface area contributed by atoms with Crippen LogP contribution in [0, 0.1) is 11.3 Å². The molecule has 2 N–H and O–H groups in total. The lowest BCUT2D eigenvalue weighted by Gasteiger charge is -2.24. The van der Waals surface area contributed by atoms with Gasteiger partial charge in [-0.05, 0) is 67.8 Å². The number of rotatable bonds is 7. The van der Waals surface area contributed by atoms with E-state index in [1.165, 1.54) is 6.07 Å². The SMILES string of the molecule is CC(Cc1ccc(Cl)cc1)NC(=O)c1ccc(Oc2cc3c(cc2C#N)C(C(=O)O)CCO3)cc1. The van der Waals surface area contributed by atoms with E-state index >= 15 is 0 Å². The number of carbonyl (C=O) groups is 2. The fraction of sp³-hybridized carbons (Fsp3) is 0.222. The average molecular weight is 491 g/mol. The normalized spacial score (nSPS) is 15.2. The van der Waals surface area contributed by atoms with Crippen LogP contribution in [0.3, 0.4) is 0 Å². The van der Waals surface area contributed by atoms with Gasteiger partial charge in [0.15, 0.2) is 0 Å². The number of nitriles is 1. The molecule has 0 fully saturated rings. The molecule has 0 bridgehead atoms. The molecule has 35 heavy (non-hydrogen) atoms. The predicted molar refractivity (Wildman–Crippen MR) is 130 cm³/mol. The van der Waals surface area contributed by atoms with Gasteiger partial charge in [-0.1, -0.05) is 23.7 Å². The maximum absolute atomic E-state index is 12.6. The van der Waals surface area contributed by atoms with Gasteiger partial charge in [-0.3, -0.25) is 9.59 Å². The van der Waals surface area contributed by atoms with Crippen molar-refractivity contribution in [2.24, 2.45) is 0 Å². The molecular weight excluding hydrogens is 468 g/mol. The Hall–Kier alpha value is -4.02. The smallest absolute Gasteiger partial charge is 0.311 e. The van der Waals surface area contributed by atoms with E-state index in [1.54, 1.807) is 30.3 Å². The molecular formula is C27H23ClN2O5. The molecule has 2 unspecified atom stereocenters. The highest BCUT2D eigenvalue weighted by Crippen LogP contribution is 2.39. The molecule has 7 nitrogen and oxygen atoms in total. The Kier molecular flexibility index (Phi) is 7.23. The van der Waals surface area contributed by atoms with E-state index in [0.717, 1.165) is 5.56 Å². The molecule has 3 aromatic rings. The number of aliphatic carboxylic acids is 1. The molecule has 0 aliphatic carbocycles. The largest absolute Gasteiger partial charge is 0.493 e. The highest BCUT2D eigenvalue weighted by atomic mass is 35.5. The summed E-state index contributed by atoms with van der Waals surface area (Å²) in [5, 5.41) is 22.7. The van der Waals surface area contributed by atoms with Gasteiger partial charge in [-0.2, -0.15) is 5.26 Å². The summed E-state index contributed by atoms with van der Waals surface area (Å²) in [7, 11) is 0. The Morgan fingerprint density at radius 2 is 1.91 bits per heavy atom. The second kappa shape index (κ2) is 10.5. The molecule has 0 aromatic heterocycles. The second-order valence-corrected chi connectivity index (χ2v) is 8.79. The van der Waals surface area contributed by atoms with Crippen LogP contribution in [0.5, 0.6) is 17.2 Å². The molecule has 178 valence electrons. The summed E-state index contributed by atoms with van der Waals surface area (Å²) in [5.41, 5.74) is 2.22. The topological polar surface area (TPSA) is 109 Å². The molecule has 3 aromatic carbocycles. The first kappa shape index (κ1) is 24.1. The van der Waals surface area contributed by atoms with E-state index in [-0.39, 0.29) is 29.9 Å². The lowest BCUT2D eigenvalue weighted by Crippen LogP contribution is -2.34. The number of carbonyl (C=O) groups excluding carboxylic acids is 1. The number of amides is 1. The monoisotopic (exact) mass is 490 g/mol. The van der Waals surface area contributed by atoms with E-state index in [4.69, 9.17) is 21.1 Å². The predicted octanol–water partition coefficient (Wildman–Crippen LogP) is 5.32. The highest BCUT2D eigenvalue weighted by Gasteiger charge is 2.29. The van der Waals surface area contributed by atoms with E-state index in [2.05, 4.69) is 11.4 Å². The third kappa shape index (κ3) is 5.73. The summed E-state index contributed by atoms with van der Waals surface area (Å²) < 4.78 is 11.5. The van der Waals surface area contributed by atoms with Gasteiger partial charge in [-0.25, -0.2) is 0 Å². The van der Waals surface area contributed by atoms with Crippen LogP contribution in [-0.4, -0.2) is 29.6 Å². The van der Waals surface area contributed by atoms with E-state index in [0.29, 0.717) is 40.5 Å². The van der Waals surface area contributed by atoms with Crippen LogP contribution >= 0.6 is 11.6 Å². The van der Waals surface area contributed by atoms with Crippen LogP contribution in [0.1, 0.15) is 46.3 Å². The Balaban J connectivity index is 1.43. The number of halogens is 1. The number of nitrogens with one attached hydrogen (secondary N) is 1. The molecule has 0 radical (unpaired) electrons. The van der Waals surface area contributed by atoms with Crippen molar-refractivity contribution in [3.8, 4) is 23.3 Å². The van der Waals surface area contributed by atoms with Crippen LogP contribution in [0.25, 0.3) is 0 Å². The van der Waals surface area contributed by atoms with E-state index in [9.17, 15) is 20.0 Å². The lowest BCUT2D eigenvalue weighted by atomic mass is 9.91. The first-order valence-corrected chi connectivity index (χ1v) is 11.5. The summed E-state index contributed by atoms with van der Waals surface area (Å²) in [6.45, 7) is 2.20. The third-order valence-corrected chi connectivity index (χ3v) is 6.00. The number of ether oxygens (including phenoxy) is 2. The number of benzene rings is 3. The van der Waals surface area contributed by atoms with E-state index < -0.39 is 11.9 Å². The number of carboxylic acid groups (broad SMARTS) is 1. The lowest BCUT2D eigenvalue weighted by molar-refractivity contribution is -0.139. The van der Waals surface area contributed by atoms with Crippen LogP contribution in [-0.2, 0) is 11.2 Å². The van der Waals surface area contributed by atoms with Crippen molar-refractivity contribution < 1.29 is 24.2 Å². The van der Waals surface area contributed by atoms with Gasteiger partial charge in [0.25, 0.3) is 5.91 Å². The quantitative estimate of drug-likeness (QED) is 0.464. The van der Waals surface area contributed by atoms with Crippen molar-refractivity contribution in [3.63, 3.8) is 0 Å². The van der Waals surface area contributed by atoms with E-state index in [1.807, 2.05) is 31.2 Å². The summed E-state index contributed by atoms with van der Waals surface area (Å²) in [6.07, 6.45) is 1.01. The van der Waals surface area contributed by atoms with Gasteiger partial charge in [0.1, 0.15) is 23.3 Å². The zero-order chi connectivity index (χ0) is 24.9. The number of nitrogens with zero attached hydrogens (tertiary/aromatic N) is 1. The van der Waals surface area contributed by atoms with Gasteiger partial charge in [0.2, 0.25) is 0 Å². The van der Waals surface area contributed by atoms with Gasteiger partial charge in [0, 0.05) is 28.3 Å². The van der Waals surface area contributed by atoms with Crippen molar-refractivity contribution in [1.29, 1.82) is 5.26 Å². The maximum atomic E-state index is 12.6. The Bertz CT molecular complexity index is 1280. The summed E-state index contributed by atoms with van der Waals surface area (Å²) in [5.74, 6) is -0.812. The summed E-state index contributed by atoms with van der Waals surface area (Å²) in [6, 6.07) is 19.1.